The zero-order chi connectivity index (χ0) is 11.0. The molecule has 80 valence electrons. The molecule has 0 atom stereocenters. The van der Waals surface area contributed by atoms with Crippen LogP contribution in [0.3, 0.4) is 0 Å². The minimum Gasteiger partial charge on any atom is -0.493 e. The number of halogens is 1. The van der Waals surface area contributed by atoms with Crippen molar-refractivity contribution in [1.29, 1.82) is 0 Å². The van der Waals surface area contributed by atoms with E-state index >= 15 is 0 Å². The van der Waals surface area contributed by atoms with Gasteiger partial charge in [-0.2, -0.15) is 0 Å². The first kappa shape index (κ1) is 10.1. The number of fused-ring (bicyclic) bond motifs is 1. The molecule has 4 nitrogen and oxygen atoms in total. The van der Waals surface area contributed by atoms with Crippen LogP contribution in [0.1, 0.15) is 15.9 Å². The molecule has 0 saturated heterocycles. The van der Waals surface area contributed by atoms with Crippen LogP contribution in [0, 0.1) is 0 Å². The summed E-state index contributed by atoms with van der Waals surface area (Å²) in [6.07, 6.45) is 0. The van der Waals surface area contributed by atoms with Crippen molar-refractivity contribution in [3.8, 4) is 11.5 Å². The second-order valence-corrected chi connectivity index (χ2v) is 3.43. The van der Waals surface area contributed by atoms with Gasteiger partial charge in [0.15, 0.2) is 11.5 Å². The Labute approximate surface area is 91.7 Å². The van der Waals surface area contributed by atoms with Crippen LogP contribution in [0.2, 0.25) is 5.02 Å². The van der Waals surface area contributed by atoms with Gasteiger partial charge in [0.25, 0.3) is 0 Å². The fourth-order valence-electron chi connectivity index (χ4n) is 1.57. The lowest BCUT2D eigenvalue weighted by Gasteiger charge is -2.10. The maximum Gasteiger partial charge on any atom is 0.342 e. The summed E-state index contributed by atoms with van der Waals surface area (Å²) in [4.78, 5) is 11.4. The van der Waals surface area contributed by atoms with Crippen molar-refractivity contribution in [2.75, 3.05) is 14.2 Å². The van der Waals surface area contributed by atoms with Crippen LogP contribution >= 0.6 is 11.6 Å². The van der Waals surface area contributed by atoms with E-state index in [2.05, 4.69) is 0 Å². The number of cyclic esters (lactones) is 1. The van der Waals surface area contributed by atoms with Crippen molar-refractivity contribution < 1.29 is 19.0 Å². The van der Waals surface area contributed by atoms with E-state index in [9.17, 15) is 4.79 Å². The summed E-state index contributed by atoms with van der Waals surface area (Å²) in [7, 11) is 2.96. The van der Waals surface area contributed by atoms with Crippen LogP contribution < -0.4 is 9.47 Å². The first-order valence-electron chi connectivity index (χ1n) is 4.29. The quantitative estimate of drug-likeness (QED) is 0.727. The standard InChI is InChI=1S/C10H9ClO4/c1-13-7-3-6(11)5-4-15-10(12)8(5)9(7)14-2/h3H,4H2,1-2H3. The first-order valence-corrected chi connectivity index (χ1v) is 4.67. The summed E-state index contributed by atoms with van der Waals surface area (Å²) in [5.41, 5.74) is 1.01. The van der Waals surface area contributed by atoms with Crippen LogP contribution in [0.5, 0.6) is 11.5 Å². The van der Waals surface area contributed by atoms with Gasteiger partial charge in [-0.3, -0.25) is 0 Å². The van der Waals surface area contributed by atoms with Crippen molar-refractivity contribution in [1.82, 2.24) is 0 Å². The maximum atomic E-state index is 11.4. The predicted molar refractivity (Wildman–Crippen MR) is 53.7 cm³/mol. The molecule has 1 aromatic carbocycles. The Morgan fingerprint density at radius 1 is 1.40 bits per heavy atom. The molecular formula is C10H9ClO4. The Hall–Kier alpha value is -1.42. The monoisotopic (exact) mass is 228 g/mol. The van der Waals surface area contributed by atoms with Gasteiger partial charge < -0.3 is 14.2 Å². The summed E-state index contributed by atoms with van der Waals surface area (Å²) < 4.78 is 15.1. The van der Waals surface area contributed by atoms with E-state index in [1.54, 1.807) is 6.07 Å². The molecule has 0 saturated carbocycles. The fourth-order valence-corrected chi connectivity index (χ4v) is 1.82. The molecular weight excluding hydrogens is 220 g/mol. The summed E-state index contributed by atoms with van der Waals surface area (Å²) in [6.45, 7) is 0.188. The van der Waals surface area contributed by atoms with Gasteiger partial charge in [0.05, 0.1) is 19.2 Å². The lowest BCUT2D eigenvalue weighted by Crippen LogP contribution is -2.01. The smallest absolute Gasteiger partial charge is 0.342 e. The topological polar surface area (TPSA) is 44.8 Å². The van der Waals surface area contributed by atoms with Crippen molar-refractivity contribution in [2.24, 2.45) is 0 Å². The molecule has 15 heavy (non-hydrogen) atoms. The van der Waals surface area contributed by atoms with Crippen molar-refractivity contribution in [3.05, 3.63) is 22.2 Å². The van der Waals surface area contributed by atoms with Gasteiger partial charge in [-0.1, -0.05) is 11.6 Å². The minimum absolute atomic E-state index is 0.188. The molecule has 0 fully saturated rings. The van der Waals surface area contributed by atoms with Crippen LogP contribution in [0.4, 0.5) is 0 Å². The van der Waals surface area contributed by atoms with E-state index in [4.69, 9.17) is 25.8 Å². The van der Waals surface area contributed by atoms with Crippen LogP contribution in [0.25, 0.3) is 0 Å². The Balaban J connectivity index is 2.71. The van der Waals surface area contributed by atoms with E-state index in [-0.39, 0.29) is 6.61 Å². The molecule has 0 unspecified atom stereocenters. The van der Waals surface area contributed by atoms with Crippen LogP contribution in [0.15, 0.2) is 6.07 Å². The SMILES string of the molecule is COc1cc(Cl)c2c(c1OC)C(=O)OC2. The zero-order valence-corrected chi connectivity index (χ0v) is 9.05. The van der Waals surface area contributed by atoms with Gasteiger partial charge in [0.1, 0.15) is 12.2 Å². The molecule has 5 heteroatoms. The third-order valence-corrected chi connectivity index (χ3v) is 2.61. The molecule has 0 bridgehead atoms. The Kier molecular flexibility index (Phi) is 2.44. The molecule has 0 radical (unpaired) electrons. The molecule has 0 aliphatic carbocycles. The third kappa shape index (κ3) is 1.41. The average molecular weight is 229 g/mol. The number of ether oxygens (including phenoxy) is 3. The van der Waals surface area contributed by atoms with Crippen LogP contribution in [-0.2, 0) is 11.3 Å². The second-order valence-electron chi connectivity index (χ2n) is 3.02. The Bertz CT molecular complexity index is 428. The normalized spacial score (nSPS) is 13.4. The fraction of sp³-hybridized carbons (Fsp3) is 0.300. The third-order valence-electron chi connectivity index (χ3n) is 2.27. The number of benzene rings is 1. The number of carbonyl (C=O) groups is 1. The zero-order valence-electron chi connectivity index (χ0n) is 8.30. The van der Waals surface area contributed by atoms with Crippen molar-refractivity contribution in [2.45, 2.75) is 6.61 Å². The highest BCUT2D eigenvalue weighted by molar-refractivity contribution is 6.32. The number of carbonyl (C=O) groups excluding carboxylic acids is 1. The molecule has 2 rings (SSSR count). The summed E-state index contributed by atoms with van der Waals surface area (Å²) in [5.74, 6) is 0.377. The summed E-state index contributed by atoms with van der Waals surface area (Å²) in [5, 5.41) is 0.452. The highest BCUT2D eigenvalue weighted by Crippen LogP contribution is 2.41. The lowest BCUT2D eigenvalue weighted by atomic mass is 10.1. The van der Waals surface area contributed by atoms with Gasteiger partial charge in [0.2, 0.25) is 0 Å². The van der Waals surface area contributed by atoms with Crippen molar-refractivity contribution in [3.63, 3.8) is 0 Å². The van der Waals surface area contributed by atoms with Gasteiger partial charge >= 0.3 is 5.97 Å². The molecule has 1 heterocycles. The number of methoxy groups -OCH3 is 2. The highest BCUT2D eigenvalue weighted by atomic mass is 35.5. The maximum absolute atomic E-state index is 11.4. The highest BCUT2D eigenvalue weighted by Gasteiger charge is 2.30. The molecule has 0 amide bonds. The van der Waals surface area contributed by atoms with Crippen LogP contribution in [-0.4, -0.2) is 20.2 Å². The summed E-state index contributed by atoms with van der Waals surface area (Å²) >= 11 is 5.98. The van der Waals surface area contributed by atoms with Gasteiger partial charge in [-0.15, -0.1) is 0 Å². The minimum atomic E-state index is -0.428. The second kappa shape index (κ2) is 3.62. The molecule has 1 aliphatic rings. The summed E-state index contributed by atoms with van der Waals surface area (Å²) in [6, 6.07) is 1.61. The van der Waals surface area contributed by atoms with E-state index in [0.29, 0.717) is 27.6 Å². The number of hydrogen-bond acceptors (Lipinski definition) is 4. The van der Waals surface area contributed by atoms with E-state index in [0.717, 1.165) is 0 Å². The molecule has 0 spiro atoms. The number of hydrogen-bond donors (Lipinski definition) is 0. The van der Waals surface area contributed by atoms with Gasteiger partial charge in [-0.05, 0) is 0 Å². The van der Waals surface area contributed by atoms with Gasteiger partial charge in [0, 0.05) is 11.6 Å². The predicted octanol–water partition coefficient (Wildman–Crippen LogP) is 2.03. The largest absolute Gasteiger partial charge is 0.493 e. The Morgan fingerprint density at radius 2 is 2.13 bits per heavy atom. The van der Waals surface area contributed by atoms with E-state index in [1.165, 1.54) is 14.2 Å². The van der Waals surface area contributed by atoms with Crippen molar-refractivity contribution >= 4 is 17.6 Å². The molecule has 0 aromatic heterocycles. The Morgan fingerprint density at radius 3 is 2.73 bits per heavy atom. The lowest BCUT2D eigenvalue weighted by molar-refractivity contribution is 0.0532. The molecule has 1 aliphatic heterocycles. The van der Waals surface area contributed by atoms with Gasteiger partial charge in [-0.25, -0.2) is 4.79 Å². The molecule has 0 N–H and O–H groups in total. The average Bonchev–Trinajstić information content (AvgIpc) is 2.61. The van der Waals surface area contributed by atoms with E-state index in [1.807, 2.05) is 0 Å². The number of esters is 1. The first-order chi connectivity index (χ1) is 7.19. The number of rotatable bonds is 2. The molecule has 1 aromatic rings. The van der Waals surface area contributed by atoms with E-state index < -0.39 is 5.97 Å².